The van der Waals surface area contributed by atoms with Crippen molar-refractivity contribution < 1.29 is 4.79 Å². The van der Waals surface area contributed by atoms with Crippen molar-refractivity contribution in [2.75, 3.05) is 11.1 Å². The molecule has 9 heteroatoms. The van der Waals surface area contributed by atoms with Crippen LogP contribution >= 0.6 is 34.4 Å². The number of hydrogen-bond acceptors (Lipinski definition) is 7. The van der Waals surface area contributed by atoms with E-state index in [-0.39, 0.29) is 11.7 Å². The highest BCUT2D eigenvalue weighted by atomic mass is 32.2. The fourth-order valence-electron chi connectivity index (χ4n) is 4.19. The van der Waals surface area contributed by atoms with Gasteiger partial charge in [-0.1, -0.05) is 37.9 Å². The number of rotatable bonds is 8. The van der Waals surface area contributed by atoms with Crippen LogP contribution in [-0.2, 0) is 30.6 Å². The van der Waals surface area contributed by atoms with Crippen LogP contribution in [0.15, 0.2) is 16.6 Å². The van der Waals surface area contributed by atoms with Crippen molar-refractivity contribution in [3.05, 3.63) is 32.3 Å². The lowest BCUT2D eigenvalue weighted by molar-refractivity contribution is -0.113. The third-order valence-electron chi connectivity index (χ3n) is 5.81. The predicted molar refractivity (Wildman–Crippen MR) is 137 cm³/mol. The van der Waals surface area contributed by atoms with Gasteiger partial charge < -0.3 is 9.88 Å². The minimum absolute atomic E-state index is 0.112. The summed E-state index contributed by atoms with van der Waals surface area (Å²) in [7, 11) is 0. The molecule has 0 spiro atoms. The number of aromatic nitrogens is 3. The second kappa shape index (κ2) is 11.3. The maximum absolute atomic E-state index is 12.8. The topological polar surface area (TPSA) is 83.6 Å². The largest absolute Gasteiger partial charge is 0.316 e. The van der Waals surface area contributed by atoms with Gasteiger partial charge in [0.15, 0.2) is 11.0 Å². The van der Waals surface area contributed by atoms with Crippen LogP contribution < -0.4 is 5.32 Å². The number of carbonyl (C=O) groups is 1. The molecule has 0 saturated heterocycles. The lowest BCUT2D eigenvalue weighted by Gasteiger charge is -2.08. The molecule has 1 N–H and O–H groups in total. The van der Waals surface area contributed by atoms with Crippen LogP contribution in [0.25, 0.3) is 11.4 Å². The van der Waals surface area contributed by atoms with E-state index >= 15 is 0 Å². The van der Waals surface area contributed by atoms with Gasteiger partial charge in [0, 0.05) is 27.2 Å². The first kappa shape index (κ1) is 24.0. The van der Waals surface area contributed by atoms with Gasteiger partial charge in [0.05, 0.1) is 11.3 Å². The van der Waals surface area contributed by atoms with Crippen LogP contribution in [0.1, 0.15) is 66.8 Å². The minimum Gasteiger partial charge on any atom is -0.316 e. The van der Waals surface area contributed by atoms with Gasteiger partial charge in [-0.15, -0.1) is 32.9 Å². The summed E-state index contributed by atoms with van der Waals surface area (Å²) in [6, 6.07) is 4.54. The molecule has 0 aliphatic heterocycles. The Hall–Kier alpha value is -2.15. The molecule has 33 heavy (non-hydrogen) atoms. The van der Waals surface area contributed by atoms with Crippen LogP contribution in [0.2, 0.25) is 0 Å². The van der Waals surface area contributed by atoms with Crippen molar-refractivity contribution in [1.82, 2.24) is 14.8 Å². The SMILES string of the molecule is CCCc1cc(-c2nnc(SCC(=O)Nc3sc4c(c3C#N)CCCCCC4)n2CC)cs1. The molecule has 3 heterocycles. The van der Waals surface area contributed by atoms with Crippen molar-refractivity contribution in [3.8, 4) is 17.5 Å². The number of anilines is 1. The Morgan fingerprint density at radius 3 is 2.82 bits per heavy atom. The third-order valence-corrected chi connectivity index (χ3v) is 8.98. The number of nitrogens with one attached hydrogen (secondary N) is 1. The molecule has 0 bridgehead atoms. The van der Waals surface area contributed by atoms with Gasteiger partial charge in [0.2, 0.25) is 5.91 Å². The first-order valence-corrected chi connectivity index (χ1v) is 14.3. The number of amides is 1. The summed E-state index contributed by atoms with van der Waals surface area (Å²) in [6.07, 6.45) is 8.85. The Balaban J connectivity index is 1.44. The van der Waals surface area contributed by atoms with Gasteiger partial charge in [-0.3, -0.25) is 4.79 Å². The molecule has 0 saturated carbocycles. The number of carbonyl (C=O) groups excluding carboxylic acids is 1. The van der Waals surface area contributed by atoms with Crippen LogP contribution in [0.4, 0.5) is 5.00 Å². The minimum atomic E-state index is -0.112. The summed E-state index contributed by atoms with van der Waals surface area (Å²) in [5.74, 6) is 0.971. The lowest BCUT2D eigenvalue weighted by atomic mass is 9.97. The maximum Gasteiger partial charge on any atom is 0.235 e. The van der Waals surface area contributed by atoms with E-state index in [1.165, 1.54) is 34.4 Å². The molecule has 0 unspecified atom stereocenters. The summed E-state index contributed by atoms with van der Waals surface area (Å²) < 4.78 is 2.06. The van der Waals surface area contributed by atoms with Crippen LogP contribution in [-0.4, -0.2) is 26.4 Å². The molecule has 1 aliphatic carbocycles. The maximum atomic E-state index is 12.8. The third kappa shape index (κ3) is 5.51. The number of fused-ring (bicyclic) bond motifs is 1. The quantitative estimate of drug-likeness (QED) is 0.368. The molecule has 4 rings (SSSR count). The Bertz CT molecular complexity index is 1150. The number of hydrogen-bond donors (Lipinski definition) is 1. The highest BCUT2D eigenvalue weighted by Crippen LogP contribution is 2.37. The Morgan fingerprint density at radius 1 is 1.24 bits per heavy atom. The average Bonchev–Trinajstić information content (AvgIpc) is 3.49. The van der Waals surface area contributed by atoms with Gasteiger partial charge in [-0.2, -0.15) is 5.26 Å². The number of thioether (sulfide) groups is 1. The van der Waals surface area contributed by atoms with Gasteiger partial charge >= 0.3 is 0 Å². The number of nitrogens with zero attached hydrogens (tertiary/aromatic N) is 4. The molecule has 174 valence electrons. The van der Waals surface area contributed by atoms with E-state index in [0.29, 0.717) is 10.6 Å². The van der Waals surface area contributed by atoms with Crippen molar-refractivity contribution in [1.29, 1.82) is 5.26 Å². The smallest absolute Gasteiger partial charge is 0.235 e. The highest BCUT2D eigenvalue weighted by Gasteiger charge is 2.21. The van der Waals surface area contributed by atoms with E-state index in [1.807, 2.05) is 0 Å². The molecule has 1 amide bonds. The molecule has 0 radical (unpaired) electrons. The van der Waals surface area contributed by atoms with E-state index in [0.717, 1.165) is 67.2 Å². The zero-order valence-corrected chi connectivity index (χ0v) is 21.6. The number of thiophene rings is 2. The van der Waals surface area contributed by atoms with Gasteiger partial charge in [-0.25, -0.2) is 0 Å². The summed E-state index contributed by atoms with van der Waals surface area (Å²) in [6.45, 7) is 4.99. The van der Waals surface area contributed by atoms with Gasteiger partial charge in [0.25, 0.3) is 0 Å². The Kier molecular flexibility index (Phi) is 8.23. The molecule has 0 fully saturated rings. The van der Waals surface area contributed by atoms with E-state index in [1.54, 1.807) is 22.7 Å². The summed E-state index contributed by atoms with van der Waals surface area (Å²) in [4.78, 5) is 15.4. The monoisotopic (exact) mass is 499 g/mol. The number of nitriles is 1. The molecule has 3 aromatic heterocycles. The molecule has 0 atom stereocenters. The highest BCUT2D eigenvalue weighted by molar-refractivity contribution is 7.99. The standard InChI is InChI=1S/C24H29N5OS3/c1-3-9-17-12-16(14-31-17)22-27-28-24(29(22)4-2)32-15-21(30)26-23-19(13-25)18-10-7-5-6-8-11-20(18)33-23/h12,14H,3-11,15H2,1-2H3,(H,26,30). The fourth-order valence-corrected chi connectivity index (χ4v) is 7.22. The summed E-state index contributed by atoms with van der Waals surface area (Å²) in [5.41, 5.74) is 2.90. The summed E-state index contributed by atoms with van der Waals surface area (Å²) in [5, 5.41) is 25.1. The first-order chi connectivity index (χ1) is 16.1. The van der Waals surface area contributed by atoms with E-state index in [9.17, 15) is 10.1 Å². The fraction of sp³-hybridized carbons (Fsp3) is 0.500. The van der Waals surface area contributed by atoms with Crippen LogP contribution in [0, 0.1) is 11.3 Å². The van der Waals surface area contributed by atoms with Crippen molar-refractivity contribution in [2.45, 2.75) is 76.9 Å². The summed E-state index contributed by atoms with van der Waals surface area (Å²) >= 11 is 4.72. The zero-order valence-electron chi connectivity index (χ0n) is 19.1. The average molecular weight is 500 g/mol. The lowest BCUT2D eigenvalue weighted by Crippen LogP contribution is -2.14. The van der Waals surface area contributed by atoms with Crippen molar-refractivity contribution in [3.63, 3.8) is 0 Å². The van der Waals surface area contributed by atoms with Gasteiger partial charge in [0.1, 0.15) is 11.1 Å². The molecule has 6 nitrogen and oxygen atoms in total. The van der Waals surface area contributed by atoms with E-state index < -0.39 is 0 Å². The molecule has 1 aliphatic rings. The first-order valence-electron chi connectivity index (χ1n) is 11.6. The number of aryl methyl sites for hydroxylation is 2. The molecular weight excluding hydrogens is 470 g/mol. The van der Waals surface area contributed by atoms with E-state index in [2.05, 4.69) is 51.4 Å². The van der Waals surface area contributed by atoms with Crippen molar-refractivity contribution in [2.24, 2.45) is 0 Å². The Labute approximate surface area is 207 Å². The van der Waals surface area contributed by atoms with Gasteiger partial charge in [-0.05, 0) is 50.7 Å². The second-order valence-electron chi connectivity index (χ2n) is 8.17. The van der Waals surface area contributed by atoms with Crippen LogP contribution in [0.5, 0.6) is 0 Å². The molecule has 0 aromatic carbocycles. The normalized spacial score (nSPS) is 13.7. The second-order valence-corrected chi connectivity index (χ2v) is 11.2. The zero-order chi connectivity index (χ0) is 23.2. The van der Waals surface area contributed by atoms with Crippen LogP contribution in [0.3, 0.4) is 0 Å². The van der Waals surface area contributed by atoms with Crippen molar-refractivity contribution >= 4 is 45.3 Å². The Morgan fingerprint density at radius 2 is 2.06 bits per heavy atom. The molecular formula is C24H29N5OS3. The molecule has 3 aromatic rings. The van der Waals surface area contributed by atoms with E-state index in [4.69, 9.17) is 0 Å². The predicted octanol–water partition coefficient (Wildman–Crippen LogP) is 6.30.